The highest BCUT2D eigenvalue weighted by Crippen LogP contribution is 2.14. The van der Waals surface area contributed by atoms with Gasteiger partial charge in [-0.2, -0.15) is 0 Å². The van der Waals surface area contributed by atoms with Crippen molar-refractivity contribution >= 4 is 11.7 Å². The molecule has 1 atom stereocenters. The zero-order chi connectivity index (χ0) is 15.2. The van der Waals surface area contributed by atoms with Gasteiger partial charge in [0.2, 0.25) is 12.2 Å². The highest BCUT2D eigenvalue weighted by molar-refractivity contribution is 5.76. The smallest absolute Gasteiger partial charge is 0.381 e. The Morgan fingerprint density at radius 3 is 2.85 bits per heavy atom. The Labute approximate surface area is 117 Å². The Balaban J connectivity index is 2.48. The van der Waals surface area contributed by atoms with Gasteiger partial charge in [-0.25, -0.2) is 0 Å². The number of imidazole rings is 1. The van der Waals surface area contributed by atoms with Crippen LogP contribution >= 0.6 is 0 Å². The molecule has 2 N–H and O–H groups in total. The lowest BCUT2D eigenvalue weighted by Crippen LogP contribution is -2.46. The lowest BCUT2D eigenvalue weighted by atomic mass is 9.95. The summed E-state index contributed by atoms with van der Waals surface area (Å²) in [5.74, 6) is -0.386. The van der Waals surface area contributed by atoms with E-state index in [0.29, 0.717) is 13.0 Å². The molecule has 20 heavy (non-hydrogen) atoms. The predicted octanol–water partition coefficient (Wildman–Crippen LogP) is 0.849. The van der Waals surface area contributed by atoms with Crippen molar-refractivity contribution < 1.29 is 14.8 Å². The van der Waals surface area contributed by atoms with E-state index in [0.717, 1.165) is 6.42 Å². The third-order valence-corrected chi connectivity index (χ3v) is 3.29. The molecule has 8 heteroatoms. The van der Waals surface area contributed by atoms with E-state index in [1.165, 1.54) is 17.1 Å². The highest BCUT2D eigenvalue weighted by atomic mass is 16.6. The number of aryl methyl sites for hydroxylation is 1. The number of nitrogens with one attached hydrogen (secondary N) is 1. The number of carbonyl (C=O) groups excluding carboxylic acids is 1. The van der Waals surface area contributed by atoms with Crippen molar-refractivity contribution in [2.75, 3.05) is 6.61 Å². The Morgan fingerprint density at radius 2 is 2.35 bits per heavy atom. The minimum Gasteiger partial charge on any atom is -0.396 e. The van der Waals surface area contributed by atoms with Crippen molar-refractivity contribution in [2.45, 2.75) is 45.2 Å². The second-order valence-electron chi connectivity index (χ2n) is 4.91. The van der Waals surface area contributed by atoms with Gasteiger partial charge in [0.25, 0.3) is 0 Å². The van der Waals surface area contributed by atoms with E-state index in [4.69, 9.17) is 5.11 Å². The quantitative estimate of drug-likeness (QED) is 0.543. The Morgan fingerprint density at radius 1 is 1.65 bits per heavy atom. The van der Waals surface area contributed by atoms with E-state index in [1.54, 1.807) is 0 Å². The van der Waals surface area contributed by atoms with E-state index in [9.17, 15) is 14.9 Å². The summed E-state index contributed by atoms with van der Waals surface area (Å²) in [5, 5.41) is 22.3. The predicted molar refractivity (Wildman–Crippen MR) is 72.0 cm³/mol. The molecule has 0 radical (unpaired) electrons. The molecule has 1 heterocycles. The first kappa shape index (κ1) is 16.1. The highest BCUT2D eigenvalue weighted by Gasteiger charge is 2.23. The topological polar surface area (TPSA) is 110 Å². The molecule has 8 nitrogen and oxygen atoms in total. The minimum atomic E-state index is -0.577. The number of aromatic nitrogens is 2. The van der Waals surface area contributed by atoms with Gasteiger partial charge in [0.15, 0.2) is 0 Å². The average molecular weight is 284 g/mol. The van der Waals surface area contributed by atoms with Gasteiger partial charge in [0.05, 0.1) is 0 Å². The van der Waals surface area contributed by atoms with E-state index in [1.807, 2.05) is 13.8 Å². The second-order valence-corrected chi connectivity index (χ2v) is 4.91. The Hall–Kier alpha value is -1.96. The molecule has 0 saturated carbocycles. The first-order chi connectivity index (χ1) is 9.40. The summed E-state index contributed by atoms with van der Waals surface area (Å²) in [5.41, 5.74) is -0.424. The van der Waals surface area contributed by atoms with Gasteiger partial charge in [-0.3, -0.25) is 4.79 Å². The van der Waals surface area contributed by atoms with Crippen molar-refractivity contribution in [3.8, 4) is 0 Å². The van der Waals surface area contributed by atoms with Gasteiger partial charge in [-0.1, -0.05) is 6.92 Å². The number of hydrogen-bond acceptors (Lipinski definition) is 5. The Bertz CT molecular complexity index is 474. The van der Waals surface area contributed by atoms with Crippen LogP contribution in [0.3, 0.4) is 0 Å². The summed E-state index contributed by atoms with van der Waals surface area (Å²) >= 11 is 0. The molecule has 1 rings (SSSR count). The standard InChI is InChI=1S/C12H20N4O4/c1-3-12(2,5-7-17)14-11(18)4-6-15-8-10(13-9-15)16(19)20/h8-9,17H,3-7H2,1-2H3,(H,14,18). The van der Waals surface area contributed by atoms with Crippen LogP contribution in [0.25, 0.3) is 0 Å². The van der Waals surface area contributed by atoms with Crippen molar-refractivity contribution in [3.63, 3.8) is 0 Å². The normalized spacial score (nSPS) is 13.8. The molecule has 1 aromatic rings. The van der Waals surface area contributed by atoms with Crippen LogP contribution in [0.15, 0.2) is 12.5 Å². The van der Waals surface area contributed by atoms with E-state index >= 15 is 0 Å². The largest absolute Gasteiger partial charge is 0.396 e. The molecule has 0 aliphatic carbocycles. The number of rotatable bonds is 8. The minimum absolute atomic E-state index is 0.0122. The molecule has 0 aromatic carbocycles. The summed E-state index contributed by atoms with van der Waals surface area (Å²) in [7, 11) is 0. The van der Waals surface area contributed by atoms with Crippen LogP contribution in [-0.2, 0) is 11.3 Å². The third-order valence-electron chi connectivity index (χ3n) is 3.29. The van der Waals surface area contributed by atoms with Crippen molar-refractivity contribution in [1.82, 2.24) is 14.9 Å². The van der Waals surface area contributed by atoms with Crippen LogP contribution in [0.5, 0.6) is 0 Å². The monoisotopic (exact) mass is 284 g/mol. The molecule has 0 saturated heterocycles. The molecule has 0 aliphatic rings. The maximum Gasteiger partial charge on any atom is 0.381 e. The lowest BCUT2D eigenvalue weighted by Gasteiger charge is -2.29. The SMILES string of the molecule is CCC(C)(CCO)NC(=O)CCn1cnc([N+](=O)[O-])c1. The van der Waals surface area contributed by atoms with Crippen LogP contribution in [0, 0.1) is 10.1 Å². The zero-order valence-corrected chi connectivity index (χ0v) is 11.7. The zero-order valence-electron chi connectivity index (χ0n) is 11.7. The second kappa shape index (κ2) is 6.99. The molecule has 0 spiro atoms. The molecular weight excluding hydrogens is 264 g/mol. The number of nitrogens with zero attached hydrogens (tertiary/aromatic N) is 3. The van der Waals surface area contributed by atoms with Crippen LogP contribution in [0.4, 0.5) is 5.82 Å². The van der Waals surface area contributed by atoms with Crippen molar-refractivity contribution in [2.24, 2.45) is 0 Å². The number of amides is 1. The van der Waals surface area contributed by atoms with Crippen molar-refractivity contribution in [3.05, 3.63) is 22.6 Å². The summed E-state index contributed by atoms with van der Waals surface area (Å²) in [6.45, 7) is 4.16. The third kappa shape index (κ3) is 4.61. The maximum atomic E-state index is 11.8. The number of carbonyl (C=O) groups is 1. The fourth-order valence-electron chi connectivity index (χ4n) is 1.77. The summed E-state index contributed by atoms with van der Waals surface area (Å²) in [4.78, 5) is 25.4. The maximum absolute atomic E-state index is 11.8. The summed E-state index contributed by atoms with van der Waals surface area (Å²) < 4.78 is 1.51. The molecule has 0 bridgehead atoms. The van der Waals surface area contributed by atoms with Gasteiger partial charge in [-0.05, 0) is 29.7 Å². The van der Waals surface area contributed by atoms with Gasteiger partial charge >= 0.3 is 5.82 Å². The number of aliphatic hydroxyl groups is 1. The summed E-state index contributed by atoms with van der Waals surface area (Å²) in [6.07, 6.45) is 4.04. The molecule has 112 valence electrons. The molecule has 1 amide bonds. The summed E-state index contributed by atoms with van der Waals surface area (Å²) in [6, 6.07) is 0. The molecule has 0 aliphatic heterocycles. The van der Waals surface area contributed by atoms with E-state index in [-0.39, 0.29) is 24.8 Å². The van der Waals surface area contributed by atoms with Crippen LogP contribution in [-0.4, -0.2) is 37.6 Å². The fraction of sp³-hybridized carbons (Fsp3) is 0.667. The average Bonchev–Trinajstić information content (AvgIpc) is 2.85. The first-order valence-corrected chi connectivity index (χ1v) is 6.48. The van der Waals surface area contributed by atoms with Crippen LogP contribution in [0.2, 0.25) is 0 Å². The van der Waals surface area contributed by atoms with Crippen LogP contribution in [0.1, 0.15) is 33.1 Å². The molecular formula is C12H20N4O4. The van der Waals surface area contributed by atoms with Gasteiger partial charge < -0.3 is 25.1 Å². The van der Waals surface area contributed by atoms with Crippen molar-refractivity contribution in [1.29, 1.82) is 0 Å². The van der Waals surface area contributed by atoms with Crippen LogP contribution < -0.4 is 5.32 Å². The molecule has 0 fully saturated rings. The molecule has 1 aromatic heterocycles. The lowest BCUT2D eigenvalue weighted by molar-refractivity contribution is -0.389. The number of aliphatic hydroxyl groups excluding tert-OH is 1. The van der Waals surface area contributed by atoms with Gasteiger partial charge in [0, 0.05) is 25.1 Å². The number of nitro groups is 1. The number of hydrogen-bond donors (Lipinski definition) is 2. The Kier molecular flexibility index (Phi) is 5.63. The van der Waals surface area contributed by atoms with Gasteiger partial charge in [-0.15, -0.1) is 0 Å². The van der Waals surface area contributed by atoms with E-state index < -0.39 is 10.5 Å². The van der Waals surface area contributed by atoms with E-state index in [2.05, 4.69) is 10.3 Å². The molecule has 1 unspecified atom stereocenters. The first-order valence-electron chi connectivity index (χ1n) is 6.48. The van der Waals surface area contributed by atoms with Gasteiger partial charge in [0.1, 0.15) is 6.20 Å². The fourth-order valence-corrected chi connectivity index (χ4v) is 1.77.